The second-order valence-electron chi connectivity index (χ2n) is 3.34. The van der Waals surface area contributed by atoms with Crippen molar-refractivity contribution in [3.63, 3.8) is 0 Å². The Morgan fingerprint density at radius 3 is 2.06 bits per heavy atom. The van der Waals surface area contributed by atoms with E-state index in [-0.39, 0.29) is 5.38 Å². The monoisotopic (exact) mass is 432 g/mol. The van der Waals surface area contributed by atoms with Crippen LogP contribution >= 0.6 is 78.0 Å². The molecule has 0 nitrogen and oxygen atoms in total. The van der Waals surface area contributed by atoms with E-state index in [9.17, 15) is 0 Å². The SMILES string of the molecule is Clc1cc(C(Cl)c2cc(Br)cc(Br)c2)c(Cl)s1. The molecule has 0 saturated heterocycles. The van der Waals surface area contributed by atoms with Gasteiger partial charge in [-0.05, 0) is 29.8 Å². The third-order valence-corrected chi connectivity index (χ3v) is 5.05. The van der Waals surface area contributed by atoms with E-state index in [0.717, 1.165) is 20.1 Å². The van der Waals surface area contributed by atoms with Crippen LogP contribution in [0.2, 0.25) is 8.67 Å². The number of thiophene rings is 1. The molecule has 0 aliphatic rings. The van der Waals surface area contributed by atoms with Gasteiger partial charge in [0, 0.05) is 14.5 Å². The molecule has 6 heteroatoms. The normalized spacial score (nSPS) is 12.8. The Morgan fingerprint density at radius 1 is 1.00 bits per heavy atom. The fourth-order valence-corrected chi connectivity index (χ4v) is 4.71. The third kappa shape index (κ3) is 3.40. The molecule has 0 aliphatic carbocycles. The molecule has 2 aromatic rings. The molecule has 1 aromatic carbocycles. The topological polar surface area (TPSA) is 0 Å². The van der Waals surface area contributed by atoms with E-state index in [1.165, 1.54) is 11.3 Å². The summed E-state index contributed by atoms with van der Waals surface area (Å²) in [6.45, 7) is 0. The van der Waals surface area contributed by atoms with Crippen molar-refractivity contribution >= 4 is 78.0 Å². The number of halogens is 5. The van der Waals surface area contributed by atoms with Crippen molar-refractivity contribution in [2.45, 2.75) is 5.38 Å². The van der Waals surface area contributed by atoms with Crippen molar-refractivity contribution in [1.29, 1.82) is 0 Å². The first-order valence-corrected chi connectivity index (χ1v) is 8.11. The fourth-order valence-electron chi connectivity index (χ4n) is 1.43. The maximum absolute atomic E-state index is 6.42. The number of alkyl halides is 1. The minimum Gasteiger partial charge on any atom is -0.112 e. The standard InChI is InChI=1S/C11H5Br2Cl3S/c12-6-1-5(2-7(13)3-6)10(15)8-4-9(14)17-11(8)16/h1-4,10H. The van der Waals surface area contributed by atoms with Crippen LogP contribution in [-0.2, 0) is 0 Å². The predicted molar refractivity (Wildman–Crippen MR) is 83.9 cm³/mol. The lowest BCUT2D eigenvalue weighted by Crippen LogP contribution is -1.92. The summed E-state index contributed by atoms with van der Waals surface area (Å²) in [7, 11) is 0. The van der Waals surface area contributed by atoms with Crippen molar-refractivity contribution < 1.29 is 0 Å². The summed E-state index contributed by atoms with van der Waals surface area (Å²) in [6.07, 6.45) is 0. The van der Waals surface area contributed by atoms with Gasteiger partial charge in [0.2, 0.25) is 0 Å². The van der Waals surface area contributed by atoms with E-state index in [4.69, 9.17) is 34.8 Å². The summed E-state index contributed by atoms with van der Waals surface area (Å²) in [5.74, 6) is 0. The Balaban J connectivity index is 2.43. The Hall–Kier alpha value is 0.750. The Morgan fingerprint density at radius 2 is 1.59 bits per heavy atom. The summed E-state index contributed by atoms with van der Waals surface area (Å²) < 4.78 is 3.20. The third-order valence-electron chi connectivity index (χ3n) is 2.13. The van der Waals surface area contributed by atoms with E-state index in [0.29, 0.717) is 8.67 Å². The van der Waals surface area contributed by atoms with Crippen molar-refractivity contribution in [2.75, 3.05) is 0 Å². The van der Waals surface area contributed by atoms with Crippen LogP contribution in [0.25, 0.3) is 0 Å². The summed E-state index contributed by atoms with van der Waals surface area (Å²) in [6, 6.07) is 7.69. The van der Waals surface area contributed by atoms with Gasteiger partial charge in [0.05, 0.1) is 14.0 Å². The van der Waals surface area contributed by atoms with Gasteiger partial charge in [-0.3, -0.25) is 0 Å². The van der Waals surface area contributed by atoms with E-state index in [1.54, 1.807) is 6.07 Å². The molecule has 1 heterocycles. The Kier molecular flexibility index (Phi) is 4.84. The summed E-state index contributed by atoms with van der Waals surface area (Å²) in [5, 5.41) is -0.306. The molecule has 0 aliphatic heterocycles. The highest BCUT2D eigenvalue weighted by Crippen LogP contribution is 2.41. The zero-order valence-electron chi connectivity index (χ0n) is 8.18. The molecule has 0 fully saturated rings. The van der Waals surface area contributed by atoms with E-state index >= 15 is 0 Å². The van der Waals surface area contributed by atoms with Gasteiger partial charge in [0.15, 0.2) is 0 Å². The van der Waals surface area contributed by atoms with Gasteiger partial charge >= 0.3 is 0 Å². The molecule has 17 heavy (non-hydrogen) atoms. The largest absolute Gasteiger partial charge is 0.112 e. The minimum atomic E-state index is -0.306. The molecule has 0 saturated carbocycles. The summed E-state index contributed by atoms with van der Waals surface area (Å²) >= 11 is 26.6. The van der Waals surface area contributed by atoms with Gasteiger partial charge in [0.25, 0.3) is 0 Å². The molecule has 0 radical (unpaired) electrons. The van der Waals surface area contributed by atoms with Crippen molar-refractivity contribution in [3.8, 4) is 0 Å². The van der Waals surface area contributed by atoms with Crippen LogP contribution in [0.15, 0.2) is 33.2 Å². The van der Waals surface area contributed by atoms with Crippen LogP contribution in [0.4, 0.5) is 0 Å². The number of rotatable bonds is 2. The van der Waals surface area contributed by atoms with Crippen molar-refractivity contribution in [2.24, 2.45) is 0 Å². The van der Waals surface area contributed by atoms with E-state index in [2.05, 4.69) is 31.9 Å². The number of benzene rings is 1. The molecule has 1 unspecified atom stereocenters. The van der Waals surface area contributed by atoms with E-state index < -0.39 is 0 Å². The molecule has 2 rings (SSSR count). The van der Waals surface area contributed by atoms with Crippen LogP contribution < -0.4 is 0 Å². The maximum atomic E-state index is 6.42. The van der Waals surface area contributed by atoms with Gasteiger partial charge in [-0.15, -0.1) is 22.9 Å². The highest BCUT2D eigenvalue weighted by molar-refractivity contribution is 9.11. The van der Waals surface area contributed by atoms with E-state index in [1.807, 2.05) is 18.2 Å². The van der Waals surface area contributed by atoms with Crippen LogP contribution in [0.3, 0.4) is 0 Å². The average Bonchev–Trinajstić information content (AvgIpc) is 2.55. The maximum Gasteiger partial charge on any atom is 0.0994 e. The van der Waals surface area contributed by atoms with Gasteiger partial charge in [-0.25, -0.2) is 0 Å². The second-order valence-corrected chi connectivity index (χ2v) is 7.90. The average molecular weight is 435 g/mol. The van der Waals surface area contributed by atoms with Crippen LogP contribution in [0.5, 0.6) is 0 Å². The van der Waals surface area contributed by atoms with Gasteiger partial charge < -0.3 is 0 Å². The Bertz CT molecular complexity index is 533. The van der Waals surface area contributed by atoms with Crippen LogP contribution in [0, 0.1) is 0 Å². The molecule has 0 bridgehead atoms. The molecule has 0 amide bonds. The molecular formula is C11H5Br2Cl3S. The first-order chi connectivity index (χ1) is 7.97. The van der Waals surface area contributed by atoms with Crippen molar-refractivity contribution in [3.05, 3.63) is 53.0 Å². The van der Waals surface area contributed by atoms with Gasteiger partial charge in [-0.2, -0.15) is 0 Å². The lowest BCUT2D eigenvalue weighted by atomic mass is 10.1. The number of hydrogen-bond acceptors (Lipinski definition) is 1. The quantitative estimate of drug-likeness (QED) is 0.450. The summed E-state index contributed by atoms with van der Waals surface area (Å²) in [4.78, 5) is 0. The molecule has 0 N–H and O–H groups in total. The van der Waals surface area contributed by atoms with Gasteiger partial charge in [0.1, 0.15) is 0 Å². The zero-order valence-corrected chi connectivity index (χ0v) is 14.4. The van der Waals surface area contributed by atoms with Crippen LogP contribution in [-0.4, -0.2) is 0 Å². The Labute approximate surface area is 135 Å². The molecule has 1 aromatic heterocycles. The predicted octanol–water partition coefficient (Wildman–Crippen LogP) is 6.91. The highest BCUT2D eigenvalue weighted by Gasteiger charge is 2.17. The second kappa shape index (κ2) is 5.81. The lowest BCUT2D eigenvalue weighted by molar-refractivity contribution is 1.15. The highest BCUT2D eigenvalue weighted by atomic mass is 79.9. The first-order valence-electron chi connectivity index (χ1n) is 4.52. The molecule has 0 spiro atoms. The van der Waals surface area contributed by atoms with Crippen molar-refractivity contribution in [1.82, 2.24) is 0 Å². The first kappa shape index (κ1) is 14.2. The number of hydrogen-bond donors (Lipinski definition) is 0. The van der Waals surface area contributed by atoms with Gasteiger partial charge in [-0.1, -0.05) is 55.1 Å². The molecular weight excluding hydrogens is 430 g/mol. The van der Waals surface area contributed by atoms with Crippen LogP contribution in [0.1, 0.15) is 16.5 Å². The molecule has 1 atom stereocenters. The smallest absolute Gasteiger partial charge is 0.0994 e. The zero-order chi connectivity index (χ0) is 12.6. The lowest BCUT2D eigenvalue weighted by Gasteiger charge is -2.10. The molecule has 90 valence electrons. The summed E-state index contributed by atoms with van der Waals surface area (Å²) in [5.41, 5.74) is 1.80. The fraction of sp³-hybridized carbons (Fsp3) is 0.0909. The minimum absolute atomic E-state index is 0.306.